The van der Waals surface area contributed by atoms with Crippen molar-refractivity contribution in [3.8, 4) is 0 Å². The van der Waals surface area contributed by atoms with E-state index >= 15 is 0 Å². The van der Waals surface area contributed by atoms with Crippen LogP contribution in [0, 0.1) is 13.8 Å². The molecule has 1 aromatic rings. The molecule has 1 fully saturated rings. The summed E-state index contributed by atoms with van der Waals surface area (Å²) >= 11 is 0. The smallest absolute Gasteiger partial charge is 0.0618 e. The minimum Gasteiger partial charge on any atom is -0.312 e. The standard InChI is InChI=1S/C14H25N3/c1-11-9-12(2)17(16-11)13(3)10-15-14-7-5-4-6-8-14/h9,13-15H,4-8,10H2,1-3H3. The lowest BCUT2D eigenvalue weighted by Gasteiger charge is -2.25. The van der Waals surface area contributed by atoms with E-state index in [1.54, 1.807) is 0 Å². The van der Waals surface area contributed by atoms with Gasteiger partial charge in [-0.25, -0.2) is 0 Å². The van der Waals surface area contributed by atoms with E-state index in [1.165, 1.54) is 37.8 Å². The third-order valence-electron chi connectivity index (χ3n) is 3.77. The zero-order chi connectivity index (χ0) is 12.3. The third-order valence-corrected chi connectivity index (χ3v) is 3.77. The zero-order valence-corrected chi connectivity index (χ0v) is 11.4. The van der Waals surface area contributed by atoms with Gasteiger partial charge in [0.1, 0.15) is 0 Å². The summed E-state index contributed by atoms with van der Waals surface area (Å²) in [6.07, 6.45) is 6.91. The van der Waals surface area contributed by atoms with Crippen LogP contribution in [0.4, 0.5) is 0 Å². The largest absolute Gasteiger partial charge is 0.312 e. The molecule has 1 N–H and O–H groups in total. The fourth-order valence-electron chi connectivity index (χ4n) is 2.82. The summed E-state index contributed by atoms with van der Waals surface area (Å²) in [4.78, 5) is 0. The molecule has 0 radical (unpaired) electrons. The molecule has 3 nitrogen and oxygen atoms in total. The van der Waals surface area contributed by atoms with Crippen molar-refractivity contribution < 1.29 is 0 Å². The van der Waals surface area contributed by atoms with Crippen molar-refractivity contribution in [3.63, 3.8) is 0 Å². The number of aryl methyl sites for hydroxylation is 2. The summed E-state index contributed by atoms with van der Waals surface area (Å²) in [5.41, 5.74) is 2.38. The highest BCUT2D eigenvalue weighted by Gasteiger charge is 2.15. The number of nitrogens with zero attached hydrogens (tertiary/aromatic N) is 2. The van der Waals surface area contributed by atoms with Gasteiger partial charge in [0, 0.05) is 18.3 Å². The van der Waals surface area contributed by atoms with Crippen molar-refractivity contribution in [2.45, 2.75) is 65.0 Å². The maximum absolute atomic E-state index is 4.55. The van der Waals surface area contributed by atoms with Crippen LogP contribution in [-0.4, -0.2) is 22.4 Å². The molecule has 1 unspecified atom stereocenters. The van der Waals surface area contributed by atoms with Gasteiger partial charge in [0.15, 0.2) is 0 Å². The van der Waals surface area contributed by atoms with Gasteiger partial charge in [-0.3, -0.25) is 4.68 Å². The van der Waals surface area contributed by atoms with Gasteiger partial charge in [-0.15, -0.1) is 0 Å². The molecule has 17 heavy (non-hydrogen) atoms. The van der Waals surface area contributed by atoms with Gasteiger partial charge in [0.05, 0.1) is 11.7 Å². The molecule has 1 aromatic heterocycles. The first-order valence-corrected chi connectivity index (χ1v) is 6.93. The molecule has 1 aliphatic rings. The van der Waals surface area contributed by atoms with Crippen LogP contribution < -0.4 is 5.32 Å². The number of nitrogens with one attached hydrogen (secondary N) is 1. The molecule has 0 aliphatic heterocycles. The molecule has 2 rings (SSSR count). The van der Waals surface area contributed by atoms with Crippen LogP contribution in [0.1, 0.15) is 56.5 Å². The molecule has 0 aromatic carbocycles. The molecule has 1 atom stereocenters. The van der Waals surface area contributed by atoms with Crippen molar-refractivity contribution in [1.29, 1.82) is 0 Å². The molecule has 1 aliphatic carbocycles. The molecule has 3 heteroatoms. The van der Waals surface area contributed by atoms with Gasteiger partial charge in [0.2, 0.25) is 0 Å². The predicted molar refractivity (Wildman–Crippen MR) is 71.3 cm³/mol. The van der Waals surface area contributed by atoms with Crippen molar-refractivity contribution in [3.05, 3.63) is 17.5 Å². The highest BCUT2D eigenvalue weighted by atomic mass is 15.3. The minimum atomic E-state index is 0.450. The van der Waals surface area contributed by atoms with Crippen LogP contribution in [0.5, 0.6) is 0 Å². The molecule has 1 heterocycles. The van der Waals surface area contributed by atoms with Crippen LogP contribution in [0.25, 0.3) is 0 Å². The Bertz CT molecular complexity index is 350. The Balaban J connectivity index is 1.84. The van der Waals surface area contributed by atoms with E-state index in [0.717, 1.165) is 18.3 Å². The van der Waals surface area contributed by atoms with E-state index in [4.69, 9.17) is 0 Å². The SMILES string of the molecule is Cc1cc(C)n(C(C)CNC2CCCCC2)n1. The quantitative estimate of drug-likeness (QED) is 0.869. The Morgan fingerprint density at radius 2 is 2.06 bits per heavy atom. The Hall–Kier alpha value is -0.830. The first-order chi connectivity index (χ1) is 8.16. The molecule has 96 valence electrons. The monoisotopic (exact) mass is 235 g/mol. The van der Waals surface area contributed by atoms with Gasteiger partial charge < -0.3 is 5.32 Å². The van der Waals surface area contributed by atoms with Crippen molar-refractivity contribution >= 4 is 0 Å². The Kier molecular flexibility index (Phi) is 4.21. The van der Waals surface area contributed by atoms with Crippen LogP contribution in [0.2, 0.25) is 0 Å². The molecule has 0 saturated heterocycles. The Morgan fingerprint density at radius 3 is 2.65 bits per heavy atom. The normalized spacial score (nSPS) is 19.5. The number of aromatic nitrogens is 2. The van der Waals surface area contributed by atoms with E-state index in [1.807, 2.05) is 0 Å². The summed E-state index contributed by atoms with van der Waals surface area (Å²) in [5.74, 6) is 0. The lowest BCUT2D eigenvalue weighted by Crippen LogP contribution is -2.35. The first-order valence-electron chi connectivity index (χ1n) is 6.93. The van der Waals surface area contributed by atoms with Crippen molar-refractivity contribution in [2.75, 3.05) is 6.54 Å². The average Bonchev–Trinajstić information content (AvgIpc) is 2.67. The van der Waals surface area contributed by atoms with Crippen molar-refractivity contribution in [1.82, 2.24) is 15.1 Å². The van der Waals surface area contributed by atoms with Gasteiger partial charge in [-0.1, -0.05) is 19.3 Å². The summed E-state index contributed by atoms with van der Waals surface area (Å²) in [6.45, 7) is 7.48. The molecule has 0 amide bonds. The maximum atomic E-state index is 4.55. The number of hydrogen-bond donors (Lipinski definition) is 1. The summed E-state index contributed by atoms with van der Waals surface area (Å²) in [6, 6.07) is 3.34. The van der Waals surface area contributed by atoms with Crippen LogP contribution in [-0.2, 0) is 0 Å². The number of rotatable bonds is 4. The fraction of sp³-hybridized carbons (Fsp3) is 0.786. The first kappa shape index (κ1) is 12.6. The summed E-state index contributed by atoms with van der Waals surface area (Å²) in [7, 11) is 0. The van der Waals surface area contributed by atoms with E-state index in [0.29, 0.717) is 6.04 Å². The second-order valence-electron chi connectivity index (χ2n) is 5.46. The van der Waals surface area contributed by atoms with E-state index in [2.05, 4.69) is 41.9 Å². The highest BCUT2D eigenvalue weighted by molar-refractivity contribution is 5.07. The molecular formula is C14H25N3. The third kappa shape index (κ3) is 3.32. The van der Waals surface area contributed by atoms with Crippen LogP contribution in [0.3, 0.4) is 0 Å². The van der Waals surface area contributed by atoms with Gasteiger partial charge in [-0.2, -0.15) is 5.10 Å². The van der Waals surface area contributed by atoms with Gasteiger partial charge >= 0.3 is 0 Å². The topological polar surface area (TPSA) is 29.9 Å². The van der Waals surface area contributed by atoms with E-state index in [-0.39, 0.29) is 0 Å². The minimum absolute atomic E-state index is 0.450. The van der Waals surface area contributed by atoms with Gasteiger partial charge in [0.25, 0.3) is 0 Å². The lowest BCUT2D eigenvalue weighted by molar-refractivity contribution is 0.341. The molecular weight excluding hydrogens is 210 g/mol. The number of hydrogen-bond acceptors (Lipinski definition) is 2. The summed E-state index contributed by atoms with van der Waals surface area (Å²) < 4.78 is 2.14. The average molecular weight is 235 g/mol. The molecule has 1 saturated carbocycles. The maximum Gasteiger partial charge on any atom is 0.0618 e. The fourth-order valence-corrected chi connectivity index (χ4v) is 2.82. The van der Waals surface area contributed by atoms with Crippen LogP contribution >= 0.6 is 0 Å². The second kappa shape index (κ2) is 5.67. The van der Waals surface area contributed by atoms with E-state index in [9.17, 15) is 0 Å². The Labute approximate surface area is 105 Å². The highest BCUT2D eigenvalue weighted by Crippen LogP contribution is 2.18. The summed E-state index contributed by atoms with van der Waals surface area (Å²) in [5, 5.41) is 8.25. The van der Waals surface area contributed by atoms with Gasteiger partial charge in [-0.05, 0) is 39.7 Å². The Morgan fingerprint density at radius 1 is 1.35 bits per heavy atom. The van der Waals surface area contributed by atoms with Crippen LogP contribution in [0.15, 0.2) is 6.07 Å². The zero-order valence-electron chi connectivity index (χ0n) is 11.4. The molecule has 0 spiro atoms. The van der Waals surface area contributed by atoms with Crippen molar-refractivity contribution in [2.24, 2.45) is 0 Å². The second-order valence-corrected chi connectivity index (χ2v) is 5.46. The predicted octanol–water partition coefficient (Wildman–Crippen LogP) is 2.98. The molecule has 0 bridgehead atoms. The lowest BCUT2D eigenvalue weighted by atomic mass is 9.95. The van der Waals surface area contributed by atoms with E-state index < -0.39 is 0 Å².